The number of ether oxygens (including phenoxy) is 1. The van der Waals surface area contributed by atoms with Crippen molar-refractivity contribution in [3.63, 3.8) is 0 Å². The van der Waals surface area contributed by atoms with Crippen LogP contribution < -0.4 is 5.32 Å². The highest BCUT2D eigenvalue weighted by Gasteiger charge is 2.24. The largest absolute Gasteiger partial charge is 0.376 e. The highest BCUT2D eigenvalue weighted by molar-refractivity contribution is 5.77. The SMILES string of the molecule is CCNC(=O)CN1C[C@H](C)OC[C@@H]1C. The maximum absolute atomic E-state index is 11.4. The summed E-state index contributed by atoms with van der Waals surface area (Å²) in [7, 11) is 0. The topological polar surface area (TPSA) is 41.6 Å². The van der Waals surface area contributed by atoms with Crippen LogP contribution in [-0.2, 0) is 9.53 Å². The second-order valence-corrected chi connectivity index (χ2v) is 3.88. The van der Waals surface area contributed by atoms with Gasteiger partial charge < -0.3 is 10.1 Å². The van der Waals surface area contributed by atoms with E-state index < -0.39 is 0 Å². The van der Waals surface area contributed by atoms with Gasteiger partial charge in [0.2, 0.25) is 5.91 Å². The van der Waals surface area contributed by atoms with Crippen molar-refractivity contribution in [2.24, 2.45) is 0 Å². The van der Waals surface area contributed by atoms with Gasteiger partial charge in [-0.2, -0.15) is 0 Å². The second kappa shape index (κ2) is 5.32. The second-order valence-electron chi connectivity index (χ2n) is 3.88. The summed E-state index contributed by atoms with van der Waals surface area (Å²) in [6.07, 6.45) is 0.237. The maximum Gasteiger partial charge on any atom is 0.234 e. The van der Waals surface area contributed by atoms with Crippen LogP contribution in [0.1, 0.15) is 20.8 Å². The van der Waals surface area contributed by atoms with Crippen LogP contribution in [0.15, 0.2) is 0 Å². The Kier molecular flexibility index (Phi) is 4.35. The van der Waals surface area contributed by atoms with Crippen molar-refractivity contribution in [2.45, 2.75) is 32.9 Å². The van der Waals surface area contributed by atoms with E-state index in [0.29, 0.717) is 19.1 Å². The molecule has 1 amide bonds. The molecule has 1 rings (SSSR count). The third kappa shape index (κ3) is 3.27. The van der Waals surface area contributed by atoms with Gasteiger partial charge in [0.25, 0.3) is 0 Å². The molecular weight excluding hydrogens is 180 g/mol. The summed E-state index contributed by atoms with van der Waals surface area (Å²) >= 11 is 0. The normalized spacial score (nSPS) is 28.8. The predicted molar refractivity (Wildman–Crippen MR) is 55.1 cm³/mol. The molecule has 14 heavy (non-hydrogen) atoms. The molecule has 0 aromatic rings. The Balaban J connectivity index is 2.37. The van der Waals surface area contributed by atoms with Crippen molar-refractivity contribution in [3.8, 4) is 0 Å². The van der Waals surface area contributed by atoms with Crippen LogP contribution in [0, 0.1) is 0 Å². The van der Waals surface area contributed by atoms with Crippen LogP contribution >= 0.6 is 0 Å². The molecule has 1 aliphatic rings. The van der Waals surface area contributed by atoms with E-state index in [0.717, 1.165) is 13.2 Å². The fraction of sp³-hybridized carbons (Fsp3) is 0.900. The molecule has 0 saturated carbocycles. The van der Waals surface area contributed by atoms with Crippen molar-refractivity contribution in [1.29, 1.82) is 0 Å². The minimum Gasteiger partial charge on any atom is -0.376 e. The first-order valence-corrected chi connectivity index (χ1v) is 5.25. The molecule has 82 valence electrons. The Hall–Kier alpha value is -0.610. The van der Waals surface area contributed by atoms with Gasteiger partial charge in [-0.3, -0.25) is 9.69 Å². The van der Waals surface area contributed by atoms with E-state index in [2.05, 4.69) is 17.1 Å². The highest BCUT2D eigenvalue weighted by atomic mass is 16.5. The number of carbonyl (C=O) groups excluding carboxylic acids is 1. The number of nitrogens with one attached hydrogen (secondary N) is 1. The van der Waals surface area contributed by atoms with E-state index >= 15 is 0 Å². The van der Waals surface area contributed by atoms with Gasteiger partial charge in [-0.1, -0.05) is 0 Å². The lowest BCUT2D eigenvalue weighted by molar-refractivity contribution is -0.125. The molecule has 1 saturated heterocycles. The molecule has 0 aliphatic carbocycles. The minimum absolute atomic E-state index is 0.105. The first-order chi connectivity index (χ1) is 6.63. The van der Waals surface area contributed by atoms with E-state index in [1.54, 1.807) is 0 Å². The molecule has 0 bridgehead atoms. The number of nitrogens with zero attached hydrogens (tertiary/aromatic N) is 1. The van der Waals surface area contributed by atoms with Crippen LogP contribution in [-0.4, -0.2) is 49.2 Å². The van der Waals surface area contributed by atoms with Crippen molar-refractivity contribution in [2.75, 3.05) is 26.2 Å². The zero-order chi connectivity index (χ0) is 10.6. The quantitative estimate of drug-likeness (QED) is 0.709. The number of hydrogen-bond acceptors (Lipinski definition) is 3. The molecular formula is C10H20N2O2. The highest BCUT2D eigenvalue weighted by Crippen LogP contribution is 2.10. The van der Waals surface area contributed by atoms with Crippen molar-refractivity contribution >= 4 is 5.91 Å². The summed E-state index contributed by atoms with van der Waals surface area (Å²) in [5.74, 6) is 0.105. The molecule has 4 nitrogen and oxygen atoms in total. The van der Waals surface area contributed by atoms with E-state index in [-0.39, 0.29) is 12.0 Å². The van der Waals surface area contributed by atoms with Gasteiger partial charge in [0.05, 0.1) is 19.3 Å². The molecule has 0 aromatic carbocycles. The number of amides is 1. The molecule has 1 N–H and O–H groups in total. The lowest BCUT2D eigenvalue weighted by Crippen LogP contribution is -2.50. The zero-order valence-electron chi connectivity index (χ0n) is 9.25. The first kappa shape index (κ1) is 11.5. The number of hydrogen-bond donors (Lipinski definition) is 1. The van der Waals surface area contributed by atoms with Gasteiger partial charge in [0, 0.05) is 19.1 Å². The van der Waals surface area contributed by atoms with Crippen LogP contribution in [0.4, 0.5) is 0 Å². The Morgan fingerprint density at radius 3 is 2.93 bits per heavy atom. The first-order valence-electron chi connectivity index (χ1n) is 5.25. The zero-order valence-corrected chi connectivity index (χ0v) is 9.25. The molecule has 1 fully saturated rings. The van der Waals surface area contributed by atoms with Crippen molar-refractivity contribution in [3.05, 3.63) is 0 Å². The fourth-order valence-corrected chi connectivity index (χ4v) is 1.63. The maximum atomic E-state index is 11.4. The van der Waals surface area contributed by atoms with Crippen molar-refractivity contribution in [1.82, 2.24) is 10.2 Å². The number of rotatable bonds is 3. The van der Waals surface area contributed by atoms with Gasteiger partial charge in [0.1, 0.15) is 0 Å². The monoisotopic (exact) mass is 200 g/mol. The molecule has 1 heterocycles. The Labute approximate surface area is 85.6 Å². The smallest absolute Gasteiger partial charge is 0.234 e. The molecule has 0 spiro atoms. The average molecular weight is 200 g/mol. The van der Waals surface area contributed by atoms with E-state index in [1.807, 2.05) is 13.8 Å². The van der Waals surface area contributed by atoms with Crippen molar-refractivity contribution < 1.29 is 9.53 Å². The summed E-state index contributed by atoms with van der Waals surface area (Å²) < 4.78 is 5.49. The summed E-state index contributed by atoms with van der Waals surface area (Å²) in [6.45, 7) is 8.82. The molecule has 0 aromatic heterocycles. The molecule has 2 atom stereocenters. The molecule has 1 aliphatic heterocycles. The van der Waals surface area contributed by atoms with E-state index in [4.69, 9.17) is 4.74 Å². The van der Waals surface area contributed by atoms with Gasteiger partial charge in [-0.15, -0.1) is 0 Å². The van der Waals surface area contributed by atoms with Gasteiger partial charge in [-0.25, -0.2) is 0 Å². The van der Waals surface area contributed by atoms with Crippen LogP contribution in [0.25, 0.3) is 0 Å². The van der Waals surface area contributed by atoms with Crippen LogP contribution in [0.2, 0.25) is 0 Å². The number of morpholine rings is 1. The summed E-state index contributed by atoms with van der Waals surface area (Å²) in [5, 5.41) is 2.81. The minimum atomic E-state index is 0.105. The Morgan fingerprint density at radius 2 is 2.29 bits per heavy atom. The fourth-order valence-electron chi connectivity index (χ4n) is 1.63. The predicted octanol–water partition coefficient (Wildman–Crippen LogP) is 0.232. The van der Waals surface area contributed by atoms with Crippen LogP contribution in [0.5, 0.6) is 0 Å². The van der Waals surface area contributed by atoms with Crippen LogP contribution in [0.3, 0.4) is 0 Å². The van der Waals surface area contributed by atoms with E-state index in [1.165, 1.54) is 0 Å². The van der Waals surface area contributed by atoms with E-state index in [9.17, 15) is 4.79 Å². The van der Waals surface area contributed by atoms with Gasteiger partial charge >= 0.3 is 0 Å². The third-order valence-corrected chi connectivity index (χ3v) is 2.46. The molecule has 4 heteroatoms. The molecule has 0 unspecified atom stereocenters. The van der Waals surface area contributed by atoms with Gasteiger partial charge in [-0.05, 0) is 20.8 Å². The molecule has 0 radical (unpaired) electrons. The summed E-state index contributed by atoms with van der Waals surface area (Å²) in [4.78, 5) is 13.5. The average Bonchev–Trinajstić information content (AvgIpc) is 2.12. The Morgan fingerprint density at radius 1 is 1.57 bits per heavy atom. The lowest BCUT2D eigenvalue weighted by Gasteiger charge is -2.36. The summed E-state index contributed by atoms with van der Waals surface area (Å²) in [5.41, 5.74) is 0. The standard InChI is InChI=1S/C10H20N2O2/c1-4-11-10(13)6-12-5-9(3)14-7-8(12)2/h8-9H,4-7H2,1-3H3,(H,11,13)/t8-,9-/m0/s1. The third-order valence-electron chi connectivity index (χ3n) is 2.46. The Bertz CT molecular complexity index is 197. The lowest BCUT2D eigenvalue weighted by atomic mass is 10.2. The summed E-state index contributed by atoms with van der Waals surface area (Å²) in [6, 6.07) is 0.341. The van der Waals surface area contributed by atoms with Gasteiger partial charge in [0.15, 0.2) is 0 Å². The number of likely N-dealkylation sites (N-methyl/N-ethyl adjacent to an activating group) is 1. The number of carbonyl (C=O) groups is 1.